The molecule has 0 unspecified atom stereocenters. The summed E-state index contributed by atoms with van der Waals surface area (Å²) in [5.74, 6) is -0.0779. The van der Waals surface area contributed by atoms with Gasteiger partial charge in [0.25, 0.3) is 0 Å². The lowest BCUT2D eigenvalue weighted by molar-refractivity contribution is 0.0583. The summed E-state index contributed by atoms with van der Waals surface area (Å²) in [7, 11) is -1.53. The summed E-state index contributed by atoms with van der Waals surface area (Å²) in [5.41, 5.74) is -0.0384. The van der Waals surface area contributed by atoms with E-state index in [2.05, 4.69) is 9.47 Å². The average Bonchev–Trinajstić information content (AvgIpc) is 2.60. The molecule has 0 bridgehead atoms. The minimum absolute atomic E-state index is 0.0603. The molecule has 0 atom stereocenters. The number of nitrogens with zero attached hydrogens (tertiary/aromatic N) is 1. The standard InChI is InChI=1S/C14H17NO6S2/c1-20-13(16)10-3-4-11(14(17)21-2)12(9-10)23(18,19)15-5-7-22-8-6-15/h3-4,9H,5-8H2,1-2H3. The van der Waals surface area contributed by atoms with Crippen LogP contribution in [0.2, 0.25) is 0 Å². The molecule has 2 rings (SSSR count). The van der Waals surface area contributed by atoms with Crippen LogP contribution in [0, 0.1) is 0 Å². The summed E-state index contributed by atoms with van der Waals surface area (Å²) in [5, 5.41) is 0. The van der Waals surface area contributed by atoms with Gasteiger partial charge in [-0.05, 0) is 18.2 Å². The van der Waals surface area contributed by atoms with Crippen LogP contribution in [0.25, 0.3) is 0 Å². The molecule has 23 heavy (non-hydrogen) atoms. The van der Waals surface area contributed by atoms with Gasteiger partial charge in [0.1, 0.15) is 0 Å². The fraction of sp³-hybridized carbons (Fsp3) is 0.429. The lowest BCUT2D eigenvalue weighted by atomic mass is 10.1. The van der Waals surface area contributed by atoms with Crippen molar-refractivity contribution in [3.63, 3.8) is 0 Å². The second-order valence-electron chi connectivity index (χ2n) is 4.71. The number of carbonyl (C=O) groups excluding carboxylic acids is 2. The van der Waals surface area contributed by atoms with Crippen LogP contribution in [-0.4, -0.2) is 63.5 Å². The largest absolute Gasteiger partial charge is 0.465 e. The summed E-state index contributed by atoms with van der Waals surface area (Å²) in [6.07, 6.45) is 0. The first kappa shape index (κ1) is 17.8. The number of sulfonamides is 1. The van der Waals surface area contributed by atoms with E-state index in [1.54, 1.807) is 11.8 Å². The maximum absolute atomic E-state index is 12.8. The van der Waals surface area contributed by atoms with Crippen LogP contribution in [-0.2, 0) is 19.5 Å². The van der Waals surface area contributed by atoms with E-state index in [1.165, 1.54) is 30.7 Å². The van der Waals surface area contributed by atoms with E-state index in [9.17, 15) is 18.0 Å². The van der Waals surface area contributed by atoms with Gasteiger partial charge in [-0.25, -0.2) is 18.0 Å². The van der Waals surface area contributed by atoms with Crippen molar-refractivity contribution in [2.45, 2.75) is 4.90 Å². The number of hydrogen-bond donors (Lipinski definition) is 0. The summed E-state index contributed by atoms with van der Waals surface area (Å²) >= 11 is 1.66. The second kappa shape index (κ2) is 7.33. The Hall–Kier alpha value is -1.58. The number of carbonyl (C=O) groups is 2. The highest BCUT2D eigenvalue weighted by atomic mass is 32.2. The summed E-state index contributed by atoms with van der Waals surface area (Å²) < 4.78 is 36.3. The smallest absolute Gasteiger partial charge is 0.339 e. The van der Waals surface area contributed by atoms with E-state index >= 15 is 0 Å². The molecule has 0 amide bonds. The monoisotopic (exact) mass is 359 g/mol. The van der Waals surface area contributed by atoms with Crippen molar-refractivity contribution in [2.24, 2.45) is 0 Å². The molecule has 7 nitrogen and oxygen atoms in total. The van der Waals surface area contributed by atoms with Crippen LogP contribution in [0.5, 0.6) is 0 Å². The van der Waals surface area contributed by atoms with Crippen LogP contribution in [0.3, 0.4) is 0 Å². The highest BCUT2D eigenvalue weighted by Crippen LogP contribution is 2.25. The zero-order valence-electron chi connectivity index (χ0n) is 12.8. The molecule has 1 aromatic carbocycles. The molecule has 0 saturated carbocycles. The number of thioether (sulfide) groups is 1. The topological polar surface area (TPSA) is 90.0 Å². The van der Waals surface area contributed by atoms with Crippen molar-refractivity contribution >= 4 is 33.7 Å². The van der Waals surface area contributed by atoms with Gasteiger partial charge in [-0.3, -0.25) is 0 Å². The SMILES string of the molecule is COC(=O)c1ccc(C(=O)OC)c(S(=O)(=O)N2CCSCC2)c1. The fourth-order valence-electron chi connectivity index (χ4n) is 2.19. The zero-order chi connectivity index (χ0) is 17.0. The average molecular weight is 359 g/mol. The highest BCUT2D eigenvalue weighted by molar-refractivity contribution is 7.99. The Morgan fingerprint density at radius 3 is 2.26 bits per heavy atom. The lowest BCUT2D eigenvalue weighted by Crippen LogP contribution is -2.38. The van der Waals surface area contributed by atoms with E-state index in [0.717, 1.165) is 6.07 Å². The highest BCUT2D eigenvalue weighted by Gasteiger charge is 2.31. The second-order valence-corrected chi connectivity index (χ2v) is 7.84. The van der Waals surface area contributed by atoms with Crippen molar-refractivity contribution in [3.05, 3.63) is 29.3 Å². The van der Waals surface area contributed by atoms with Gasteiger partial charge in [-0.15, -0.1) is 0 Å². The Morgan fingerprint density at radius 1 is 1.09 bits per heavy atom. The maximum Gasteiger partial charge on any atom is 0.339 e. The van der Waals surface area contributed by atoms with Gasteiger partial charge in [0.2, 0.25) is 10.0 Å². The first-order valence-electron chi connectivity index (χ1n) is 6.80. The summed E-state index contributed by atoms with van der Waals surface area (Å²) in [6.45, 7) is 0.714. The predicted octanol–water partition coefficient (Wildman–Crippen LogP) is 0.997. The number of rotatable bonds is 4. The van der Waals surface area contributed by atoms with Crippen molar-refractivity contribution in [1.29, 1.82) is 0 Å². The van der Waals surface area contributed by atoms with Crippen LogP contribution in [0.4, 0.5) is 0 Å². The van der Waals surface area contributed by atoms with Crippen molar-refractivity contribution in [3.8, 4) is 0 Å². The van der Waals surface area contributed by atoms with Crippen LogP contribution >= 0.6 is 11.8 Å². The molecule has 0 N–H and O–H groups in total. The molecule has 9 heteroatoms. The molecule has 126 valence electrons. The number of hydrogen-bond acceptors (Lipinski definition) is 7. The molecular formula is C14H17NO6S2. The van der Waals surface area contributed by atoms with Crippen LogP contribution in [0.15, 0.2) is 23.1 Å². The van der Waals surface area contributed by atoms with Gasteiger partial charge in [0.15, 0.2) is 0 Å². The third-order valence-corrected chi connectivity index (χ3v) is 6.28. The van der Waals surface area contributed by atoms with Gasteiger partial charge < -0.3 is 9.47 Å². The zero-order valence-corrected chi connectivity index (χ0v) is 14.4. The molecule has 1 saturated heterocycles. The normalized spacial score (nSPS) is 15.9. The molecule has 0 radical (unpaired) electrons. The molecule has 1 heterocycles. The van der Waals surface area contributed by atoms with E-state index in [-0.39, 0.29) is 16.0 Å². The van der Waals surface area contributed by atoms with Crippen LogP contribution < -0.4 is 0 Å². The first-order valence-corrected chi connectivity index (χ1v) is 9.40. The van der Waals surface area contributed by atoms with E-state index < -0.39 is 22.0 Å². The van der Waals surface area contributed by atoms with Gasteiger partial charge in [-0.1, -0.05) is 0 Å². The number of methoxy groups -OCH3 is 2. The van der Waals surface area contributed by atoms with Gasteiger partial charge in [0, 0.05) is 24.6 Å². The Labute approximate surface area is 139 Å². The number of benzene rings is 1. The van der Waals surface area contributed by atoms with Gasteiger partial charge in [0.05, 0.1) is 30.2 Å². The molecular weight excluding hydrogens is 342 g/mol. The number of esters is 2. The van der Waals surface area contributed by atoms with Crippen molar-refractivity contribution in [2.75, 3.05) is 38.8 Å². The molecule has 1 aliphatic heterocycles. The maximum atomic E-state index is 12.8. The predicted molar refractivity (Wildman–Crippen MR) is 85.2 cm³/mol. The van der Waals surface area contributed by atoms with E-state index in [4.69, 9.17) is 0 Å². The van der Waals surface area contributed by atoms with Gasteiger partial charge in [-0.2, -0.15) is 16.1 Å². The minimum atomic E-state index is -3.90. The molecule has 1 aromatic rings. The molecule has 0 spiro atoms. The van der Waals surface area contributed by atoms with Gasteiger partial charge >= 0.3 is 11.9 Å². The Kier molecular flexibility index (Phi) is 5.66. The number of ether oxygens (including phenoxy) is 2. The quantitative estimate of drug-likeness (QED) is 0.741. The summed E-state index contributed by atoms with van der Waals surface area (Å²) in [6, 6.07) is 3.77. The fourth-order valence-corrected chi connectivity index (χ4v) is 4.97. The third kappa shape index (κ3) is 3.67. The Balaban J connectivity index is 2.55. The molecule has 0 aromatic heterocycles. The molecule has 1 fully saturated rings. The van der Waals surface area contributed by atoms with Crippen LogP contribution in [0.1, 0.15) is 20.7 Å². The third-order valence-electron chi connectivity index (χ3n) is 3.40. The lowest BCUT2D eigenvalue weighted by Gasteiger charge is -2.26. The summed E-state index contributed by atoms with van der Waals surface area (Å²) in [4.78, 5) is 23.3. The van der Waals surface area contributed by atoms with Crippen molar-refractivity contribution < 1.29 is 27.5 Å². The minimum Gasteiger partial charge on any atom is -0.465 e. The Bertz CT molecular complexity index is 710. The van der Waals surface area contributed by atoms with Crippen molar-refractivity contribution in [1.82, 2.24) is 4.31 Å². The first-order chi connectivity index (χ1) is 10.9. The Morgan fingerprint density at radius 2 is 1.70 bits per heavy atom. The van der Waals surface area contributed by atoms with E-state index in [1.807, 2.05) is 0 Å². The molecule has 0 aliphatic carbocycles. The van der Waals surface area contributed by atoms with E-state index in [0.29, 0.717) is 24.6 Å². The molecule has 1 aliphatic rings.